The molecule has 4 nitrogen and oxygen atoms in total. The summed E-state index contributed by atoms with van der Waals surface area (Å²) in [5, 5.41) is 4.16. The molecule has 0 aliphatic heterocycles. The van der Waals surface area contributed by atoms with Crippen LogP contribution >= 0.6 is 15.9 Å². The fourth-order valence-electron chi connectivity index (χ4n) is 1.74. The maximum Gasteiger partial charge on any atom is 0.0752 e. The number of rotatable bonds is 2. The van der Waals surface area contributed by atoms with Crippen LogP contribution in [0.5, 0.6) is 0 Å². The third-order valence-corrected chi connectivity index (χ3v) is 3.23. The van der Waals surface area contributed by atoms with E-state index in [1.807, 2.05) is 26.1 Å². The van der Waals surface area contributed by atoms with Crippen molar-refractivity contribution in [2.45, 2.75) is 13.0 Å². The molecule has 0 saturated heterocycles. The molecule has 0 aliphatic carbocycles. The Balaban J connectivity index is 2.47. The molecule has 16 heavy (non-hydrogen) atoms. The Kier molecular flexibility index (Phi) is 3.07. The van der Waals surface area contributed by atoms with Crippen molar-refractivity contribution in [3.63, 3.8) is 0 Å². The largest absolute Gasteiger partial charge is 0.319 e. The number of halogens is 1. The predicted octanol–water partition coefficient (Wildman–Crippen LogP) is 1.93. The highest BCUT2D eigenvalue weighted by atomic mass is 79.9. The number of nitrogens with two attached hydrogens (primary N) is 1. The fourth-order valence-corrected chi connectivity index (χ4v) is 2.34. The smallest absolute Gasteiger partial charge is 0.0752 e. The summed E-state index contributed by atoms with van der Waals surface area (Å²) in [7, 11) is 1.88. The lowest BCUT2D eigenvalue weighted by Crippen LogP contribution is -2.18. The normalized spacial score (nSPS) is 12.8. The molecular weight excluding hydrogens is 268 g/mol. The Bertz CT molecular complexity index is 487. The highest BCUT2D eigenvalue weighted by Crippen LogP contribution is 2.26. The lowest BCUT2D eigenvalue weighted by molar-refractivity contribution is 0.667. The van der Waals surface area contributed by atoms with Gasteiger partial charge in [-0.1, -0.05) is 6.07 Å². The first kappa shape index (κ1) is 11.3. The first-order chi connectivity index (χ1) is 7.61. The van der Waals surface area contributed by atoms with Crippen LogP contribution in [0, 0.1) is 6.92 Å². The van der Waals surface area contributed by atoms with Crippen LogP contribution in [0.25, 0.3) is 0 Å². The molecular formula is C11H13BrN4. The van der Waals surface area contributed by atoms with Crippen LogP contribution in [0.2, 0.25) is 0 Å². The van der Waals surface area contributed by atoms with Crippen LogP contribution in [-0.4, -0.2) is 14.8 Å². The Hall–Kier alpha value is -1.20. The van der Waals surface area contributed by atoms with E-state index in [2.05, 4.69) is 26.0 Å². The van der Waals surface area contributed by atoms with Gasteiger partial charge in [0, 0.05) is 18.9 Å². The number of hydrogen-bond donors (Lipinski definition) is 1. The first-order valence-electron chi connectivity index (χ1n) is 4.95. The molecule has 1 unspecified atom stereocenters. The van der Waals surface area contributed by atoms with Gasteiger partial charge in [0.15, 0.2) is 0 Å². The number of aryl methyl sites for hydroxylation is 2. The summed E-state index contributed by atoms with van der Waals surface area (Å²) in [4.78, 5) is 4.24. The molecule has 0 bridgehead atoms. The highest BCUT2D eigenvalue weighted by molar-refractivity contribution is 9.10. The van der Waals surface area contributed by atoms with Gasteiger partial charge in [-0.25, -0.2) is 0 Å². The van der Waals surface area contributed by atoms with Crippen LogP contribution in [0.3, 0.4) is 0 Å². The van der Waals surface area contributed by atoms with Gasteiger partial charge in [-0.3, -0.25) is 9.67 Å². The van der Waals surface area contributed by atoms with Gasteiger partial charge in [-0.15, -0.1) is 0 Å². The molecule has 1 atom stereocenters. The van der Waals surface area contributed by atoms with Gasteiger partial charge in [0.2, 0.25) is 0 Å². The lowest BCUT2D eigenvalue weighted by Gasteiger charge is -2.15. The maximum atomic E-state index is 6.23. The van der Waals surface area contributed by atoms with Crippen LogP contribution in [0.4, 0.5) is 0 Å². The minimum absolute atomic E-state index is 0.212. The Morgan fingerprint density at radius 1 is 1.50 bits per heavy atom. The van der Waals surface area contributed by atoms with Gasteiger partial charge >= 0.3 is 0 Å². The SMILES string of the molecule is Cc1ncccc1C(N)c1c(Br)cnn1C. The molecule has 5 heteroatoms. The molecule has 0 fully saturated rings. The molecule has 0 aliphatic rings. The van der Waals surface area contributed by atoms with E-state index in [9.17, 15) is 0 Å². The molecule has 2 N–H and O–H groups in total. The number of aromatic nitrogens is 3. The van der Waals surface area contributed by atoms with Crippen molar-refractivity contribution in [3.05, 3.63) is 46.0 Å². The summed E-state index contributed by atoms with van der Waals surface area (Å²) in [5.41, 5.74) is 9.15. The standard InChI is InChI=1S/C11H13BrN4/c1-7-8(4-3-5-14-7)10(13)11-9(12)6-15-16(11)2/h3-6,10H,13H2,1-2H3. The van der Waals surface area contributed by atoms with Gasteiger partial charge in [0.25, 0.3) is 0 Å². The van der Waals surface area contributed by atoms with Gasteiger partial charge in [0.1, 0.15) is 0 Å². The van der Waals surface area contributed by atoms with Crippen LogP contribution < -0.4 is 5.73 Å². The highest BCUT2D eigenvalue weighted by Gasteiger charge is 2.18. The second-order valence-corrected chi connectivity index (χ2v) is 4.51. The molecule has 0 aromatic carbocycles. The van der Waals surface area contributed by atoms with Gasteiger partial charge < -0.3 is 5.73 Å². The van der Waals surface area contributed by atoms with Crippen molar-refractivity contribution in [2.24, 2.45) is 12.8 Å². The zero-order valence-corrected chi connectivity index (χ0v) is 10.8. The molecule has 2 rings (SSSR count). The van der Waals surface area contributed by atoms with Gasteiger partial charge in [0.05, 0.1) is 22.4 Å². The van der Waals surface area contributed by atoms with Crippen LogP contribution in [-0.2, 0) is 7.05 Å². The lowest BCUT2D eigenvalue weighted by atomic mass is 10.0. The molecule has 0 saturated carbocycles. The van der Waals surface area contributed by atoms with E-state index in [0.29, 0.717) is 0 Å². The predicted molar refractivity (Wildman–Crippen MR) is 65.9 cm³/mol. The van der Waals surface area contributed by atoms with Crippen molar-refractivity contribution in [2.75, 3.05) is 0 Å². The minimum Gasteiger partial charge on any atom is -0.319 e. The first-order valence-corrected chi connectivity index (χ1v) is 5.75. The maximum absolute atomic E-state index is 6.23. The van der Waals surface area contributed by atoms with Crippen molar-refractivity contribution >= 4 is 15.9 Å². The second-order valence-electron chi connectivity index (χ2n) is 3.66. The van der Waals surface area contributed by atoms with Crippen LogP contribution in [0.15, 0.2) is 29.0 Å². The monoisotopic (exact) mass is 280 g/mol. The number of pyridine rings is 1. The third-order valence-electron chi connectivity index (χ3n) is 2.62. The van der Waals surface area contributed by atoms with Crippen LogP contribution in [0.1, 0.15) is 23.0 Å². The zero-order valence-electron chi connectivity index (χ0n) is 9.18. The fraction of sp³-hybridized carbons (Fsp3) is 0.273. The summed E-state index contributed by atoms with van der Waals surface area (Å²) in [6, 6.07) is 3.68. The molecule has 2 heterocycles. The Morgan fingerprint density at radius 2 is 2.25 bits per heavy atom. The topological polar surface area (TPSA) is 56.7 Å². The molecule has 0 spiro atoms. The molecule has 2 aromatic heterocycles. The minimum atomic E-state index is -0.212. The molecule has 0 radical (unpaired) electrons. The van der Waals surface area contributed by atoms with E-state index in [1.54, 1.807) is 17.1 Å². The number of nitrogens with zero attached hydrogens (tertiary/aromatic N) is 3. The number of hydrogen-bond acceptors (Lipinski definition) is 3. The molecule has 84 valence electrons. The average molecular weight is 281 g/mol. The summed E-state index contributed by atoms with van der Waals surface area (Å²) < 4.78 is 2.70. The van der Waals surface area contributed by atoms with E-state index >= 15 is 0 Å². The van der Waals surface area contributed by atoms with E-state index in [0.717, 1.165) is 21.4 Å². The van der Waals surface area contributed by atoms with Gasteiger partial charge in [-0.2, -0.15) is 5.10 Å². The van der Waals surface area contributed by atoms with E-state index < -0.39 is 0 Å². The summed E-state index contributed by atoms with van der Waals surface area (Å²) in [5.74, 6) is 0. The molecule has 2 aromatic rings. The van der Waals surface area contributed by atoms with Gasteiger partial charge in [-0.05, 0) is 34.5 Å². The van der Waals surface area contributed by atoms with E-state index in [-0.39, 0.29) is 6.04 Å². The quantitative estimate of drug-likeness (QED) is 0.915. The van der Waals surface area contributed by atoms with E-state index in [1.165, 1.54) is 0 Å². The van der Waals surface area contributed by atoms with Crippen molar-refractivity contribution in [1.29, 1.82) is 0 Å². The summed E-state index contributed by atoms with van der Waals surface area (Å²) in [6.07, 6.45) is 3.52. The van der Waals surface area contributed by atoms with Crippen molar-refractivity contribution in [3.8, 4) is 0 Å². The van der Waals surface area contributed by atoms with E-state index in [4.69, 9.17) is 5.73 Å². The second kappa shape index (κ2) is 4.35. The van der Waals surface area contributed by atoms with Crippen molar-refractivity contribution in [1.82, 2.24) is 14.8 Å². The van der Waals surface area contributed by atoms with Crippen molar-refractivity contribution < 1.29 is 0 Å². The summed E-state index contributed by atoms with van der Waals surface area (Å²) in [6.45, 7) is 1.96. The summed E-state index contributed by atoms with van der Waals surface area (Å²) >= 11 is 3.46. The average Bonchev–Trinajstić information content (AvgIpc) is 2.58. The Labute approximate surface area is 103 Å². The zero-order chi connectivity index (χ0) is 11.7. The third kappa shape index (κ3) is 1.88. The molecule has 0 amide bonds. The Morgan fingerprint density at radius 3 is 2.81 bits per heavy atom.